The molecule has 2 N–H and O–H groups in total. The minimum Gasteiger partial charge on any atom is -0.481 e. The zero-order valence-corrected chi connectivity index (χ0v) is 12.0. The third-order valence-corrected chi connectivity index (χ3v) is 4.96. The van der Waals surface area contributed by atoms with Crippen molar-refractivity contribution in [3.63, 3.8) is 0 Å². The average molecular weight is 281 g/mol. The van der Waals surface area contributed by atoms with E-state index in [0.717, 1.165) is 4.88 Å². The molecule has 0 unspecified atom stereocenters. The maximum atomic E-state index is 12.0. The van der Waals surface area contributed by atoms with Crippen LogP contribution in [0.2, 0.25) is 0 Å². The lowest BCUT2D eigenvalue weighted by Crippen LogP contribution is -2.29. The van der Waals surface area contributed by atoms with Gasteiger partial charge in [0.25, 0.3) is 0 Å². The molecule has 1 saturated carbocycles. The second-order valence-corrected chi connectivity index (χ2v) is 6.56. The van der Waals surface area contributed by atoms with Crippen LogP contribution in [0.4, 0.5) is 0 Å². The first-order chi connectivity index (χ1) is 8.97. The third-order valence-electron chi connectivity index (χ3n) is 3.81. The monoisotopic (exact) mass is 281 g/mol. The van der Waals surface area contributed by atoms with Gasteiger partial charge in [0.2, 0.25) is 5.91 Å². The first-order valence-electron chi connectivity index (χ1n) is 6.53. The highest BCUT2D eigenvalue weighted by atomic mass is 32.1. The maximum Gasteiger partial charge on any atom is 0.306 e. The summed E-state index contributed by atoms with van der Waals surface area (Å²) in [6, 6.07) is 2.09. The normalized spacial score (nSPS) is 22.4. The molecule has 0 aliphatic heterocycles. The van der Waals surface area contributed by atoms with Crippen molar-refractivity contribution in [3.05, 3.63) is 21.4 Å². The van der Waals surface area contributed by atoms with Gasteiger partial charge in [0.15, 0.2) is 0 Å². The number of nitrogens with one attached hydrogen (secondary N) is 1. The molecule has 1 aliphatic carbocycles. The van der Waals surface area contributed by atoms with Crippen LogP contribution in [0, 0.1) is 25.7 Å². The average Bonchev–Trinajstić information content (AvgIpc) is 2.95. The van der Waals surface area contributed by atoms with Crippen LogP contribution in [-0.2, 0) is 16.1 Å². The Morgan fingerprint density at radius 1 is 1.37 bits per heavy atom. The molecule has 1 aliphatic rings. The van der Waals surface area contributed by atoms with Crippen LogP contribution < -0.4 is 5.32 Å². The number of rotatable bonds is 4. The summed E-state index contributed by atoms with van der Waals surface area (Å²) in [5.74, 6) is -1.27. The summed E-state index contributed by atoms with van der Waals surface area (Å²) in [6.07, 6.45) is 1.78. The molecule has 0 saturated heterocycles. The number of amides is 1. The van der Waals surface area contributed by atoms with Gasteiger partial charge in [0.05, 0.1) is 12.5 Å². The second kappa shape index (κ2) is 5.74. The Hall–Kier alpha value is -1.36. The molecular formula is C14H19NO3S. The van der Waals surface area contributed by atoms with E-state index in [2.05, 4.69) is 25.2 Å². The minimum absolute atomic E-state index is 0.00699. The fourth-order valence-electron chi connectivity index (χ4n) is 2.50. The lowest BCUT2D eigenvalue weighted by Gasteiger charge is -2.09. The van der Waals surface area contributed by atoms with Gasteiger partial charge in [-0.1, -0.05) is 0 Å². The molecule has 1 fully saturated rings. The molecule has 1 heterocycles. The Morgan fingerprint density at radius 2 is 2.05 bits per heavy atom. The molecule has 19 heavy (non-hydrogen) atoms. The predicted octanol–water partition coefficient (Wildman–Crippen LogP) is 2.48. The van der Waals surface area contributed by atoms with E-state index < -0.39 is 5.97 Å². The van der Waals surface area contributed by atoms with Crippen molar-refractivity contribution in [1.82, 2.24) is 5.32 Å². The number of aliphatic carboxylic acids is 1. The van der Waals surface area contributed by atoms with E-state index in [9.17, 15) is 9.59 Å². The zero-order valence-electron chi connectivity index (χ0n) is 11.2. The minimum atomic E-state index is -0.778. The number of hydrogen-bond donors (Lipinski definition) is 2. The van der Waals surface area contributed by atoms with Crippen molar-refractivity contribution in [1.29, 1.82) is 0 Å². The summed E-state index contributed by atoms with van der Waals surface area (Å²) in [4.78, 5) is 25.3. The summed E-state index contributed by atoms with van der Waals surface area (Å²) < 4.78 is 0. The van der Waals surface area contributed by atoms with Gasteiger partial charge >= 0.3 is 5.97 Å². The van der Waals surface area contributed by atoms with Crippen LogP contribution >= 0.6 is 11.3 Å². The predicted molar refractivity (Wildman–Crippen MR) is 74.1 cm³/mol. The Kier molecular flexibility index (Phi) is 4.24. The molecule has 5 heteroatoms. The third kappa shape index (κ3) is 3.35. The standard InChI is InChI=1S/C14H19NO3S/c1-8-5-12(19-9(8)2)7-15-13(16)10-3-4-11(6-10)14(17)18/h5,10-11H,3-4,6-7H2,1-2H3,(H,15,16)(H,17,18)/t10-,11+/m1/s1. The number of carbonyl (C=O) groups is 2. The molecule has 2 atom stereocenters. The molecular weight excluding hydrogens is 262 g/mol. The Morgan fingerprint density at radius 3 is 2.58 bits per heavy atom. The highest BCUT2D eigenvalue weighted by Gasteiger charge is 2.33. The number of carboxylic acid groups (broad SMARTS) is 1. The number of carboxylic acids is 1. The molecule has 4 nitrogen and oxygen atoms in total. The summed E-state index contributed by atoms with van der Waals surface area (Å²) in [6.45, 7) is 4.68. The molecule has 2 rings (SSSR count). The molecule has 1 amide bonds. The van der Waals surface area contributed by atoms with Gasteiger partial charge in [0.1, 0.15) is 0 Å². The van der Waals surface area contributed by atoms with Crippen LogP contribution in [0.25, 0.3) is 0 Å². The van der Waals surface area contributed by atoms with Gasteiger partial charge in [0, 0.05) is 15.7 Å². The van der Waals surface area contributed by atoms with E-state index in [4.69, 9.17) is 5.11 Å². The lowest BCUT2D eigenvalue weighted by molar-refractivity contribution is -0.141. The first kappa shape index (κ1) is 14.1. The molecule has 1 aromatic rings. The second-order valence-electron chi connectivity index (χ2n) is 5.21. The van der Waals surface area contributed by atoms with Gasteiger partial charge < -0.3 is 10.4 Å². The van der Waals surface area contributed by atoms with E-state index >= 15 is 0 Å². The van der Waals surface area contributed by atoms with Gasteiger partial charge in [-0.25, -0.2) is 0 Å². The van der Waals surface area contributed by atoms with Gasteiger partial charge in [-0.05, 0) is 44.7 Å². The highest BCUT2D eigenvalue weighted by Crippen LogP contribution is 2.31. The molecule has 0 bridgehead atoms. The summed E-state index contributed by atoms with van der Waals surface area (Å²) in [5.41, 5.74) is 1.25. The zero-order chi connectivity index (χ0) is 14.0. The first-order valence-corrected chi connectivity index (χ1v) is 7.35. The van der Waals surface area contributed by atoms with Crippen LogP contribution in [0.3, 0.4) is 0 Å². The fourth-order valence-corrected chi connectivity index (χ4v) is 3.49. The summed E-state index contributed by atoms with van der Waals surface area (Å²) in [5, 5.41) is 11.8. The SMILES string of the molecule is Cc1cc(CNC(=O)[C@@H]2CC[C@H](C(=O)O)C2)sc1C. The van der Waals surface area contributed by atoms with Gasteiger partial charge in [-0.2, -0.15) is 0 Å². The largest absolute Gasteiger partial charge is 0.481 e. The van der Waals surface area contributed by atoms with Crippen LogP contribution in [-0.4, -0.2) is 17.0 Å². The van der Waals surface area contributed by atoms with E-state index in [0.29, 0.717) is 25.8 Å². The van der Waals surface area contributed by atoms with Crippen molar-refractivity contribution < 1.29 is 14.7 Å². The van der Waals surface area contributed by atoms with Crippen LogP contribution in [0.15, 0.2) is 6.07 Å². The van der Waals surface area contributed by atoms with Gasteiger partial charge in [-0.3, -0.25) is 9.59 Å². The topological polar surface area (TPSA) is 66.4 Å². The molecule has 104 valence electrons. The Bertz CT molecular complexity index is 475. The van der Waals surface area contributed by atoms with Crippen molar-refractivity contribution in [2.24, 2.45) is 11.8 Å². The van der Waals surface area contributed by atoms with E-state index in [-0.39, 0.29) is 17.7 Å². The number of thiophene rings is 1. The maximum absolute atomic E-state index is 12.0. The van der Waals surface area contributed by atoms with Gasteiger partial charge in [-0.15, -0.1) is 11.3 Å². The summed E-state index contributed by atoms with van der Waals surface area (Å²) in [7, 11) is 0. The fraction of sp³-hybridized carbons (Fsp3) is 0.571. The lowest BCUT2D eigenvalue weighted by atomic mass is 10.0. The smallest absolute Gasteiger partial charge is 0.306 e. The van der Waals surface area contributed by atoms with E-state index in [1.807, 2.05) is 0 Å². The Balaban J connectivity index is 1.83. The van der Waals surface area contributed by atoms with Crippen molar-refractivity contribution in [2.75, 3.05) is 0 Å². The van der Waals surface area contributed by atoms with Crippen molar-refractivity contribution >= 4 is 23.2 Å². The van der Waals surface area contributed by atoms with Crippen molar-refractivity contribution in [3.8, 4) is 0 Å². The summed E-state index contributed by atoms with van der Waals surface area (Å²) >= 11 is 1.70. The van der Waals surface area contributed by atoms with Crippen LogP contribution in [0.1, 0.15) is 34.6 Å². The number of aryl methyl sites for hydroxylation is 2. The number of carbonyl (C=O) groups excluding carboxylic acids is 1. The molecule has 0 aromatic carbocycles. The molecule has 0 radical (unpaired) electrons. The quantitative estimate of drug-likeness (QED) is 0.891. The van der Waals surface area contributed by atoms with Crippen molar-refractivity contribution in [2.45, 2.75) is 39.7 Å². The molecule has 0 spiro atoms. The highest BCUT2D eigenvalue weighted by molar-refractivity contribution is 7.12. The number of hydrogen-bond acceptors (Lipinski definition) is 3. The Labute approximate surface area is 116 Å². The molecule has 1 aromatic heterocycles. The van der Waals surface area contributed by atoms with E-state index in [1.54, 1.807) is 11.3 Å². The van der Waals surface area contributed by atoms with Crippen LogP contribution in [0.5, 0.6) is 0 Å². The van der Waals surface area contributed by atoms with E-state index in [1.165, 1.54) is 10.4 Å².